The summed E-state index contributed by atoms with van der Waals surface area (Å²) in [6.07, 6.45) is 5.77. The molecule has 0 radical (unpaired) electrons. The van der Waals surface area contributed by atoms with Gasteiger partial charge in [0.15, 0.2) is 6.80 Å². The van der Waals surface area contributed by atoms with Gasteiger partial charge < -0.3 is 4.57 Å². The van der Waals surface area contributed by atoms with Gasteiger partial charge in [0.25, 0.3) is 0 Å². The van der Waals surface area contributed by atoms with Gasteiger partial charge in [0.2, 0.25) is 5.95 Å². The average Bonchev–Trinajstić information content (AvgIpc) is 3.18. The molecule has 126 valence electrons. The Hall–Kier alpha value is -2.80. The number of alkyl halides is 1. The number of imidazole rings is 2. The zero-order valence-electron chi connectivity index (χ0n) is 12.9. The van der Waals surface area contributed by atoms with E-state index in [0.29, 0.717) is 27.4 Å². The van der Waals surface area contributed by atoms with Crippen LogP contribution in [0.3, 0.4) is 0 Å². The number of rotatable bonds is 4. The molecule has 0 atom stereocenters. The molecule has 0 aliphatic heterocycles. The zero-order valence-corrected chi connectivity index (χ0v) is 13.7. The Kier molecular flexibility index (Phi) is 3.93. The van der Waals surface area contributed by atoms with E-state index < -0.39 is 12.7 Å². The second-order valence-corrected chi connectivity index (χ2v) is 5.98. The topological polar surface area (TPSA) is 48.5 Å². The van der Waals surface area contributed by atoms with E-state index >= 15 is 0 Å². The summed E-state index contributed by atoms with van der Waals surface area (Å²) < 4.78 is 30.0. The summed E-state index contributed by atoms with van der Waals surface area (Å²) >= 11 is 6.00. The summed E-state index contributed by atoms with van der Waals surface area (Å²) in [5.41, 5.74) is 2.65. The molecule has 0 aliphatic rings. The molecule has 8 heteroatoms. The van der Waals surface area contributed by atoms with E-state index in [2.05, 4.69) is 15.0 Å². The Bertz CT molecular complexity index is 1060. The van der Waals surface area contributed by atoms with Crippen LogP contribution in [0.2, 0.25) is 5.02 Å². The van der Waals surface area contributed by atoms with Gasteiger partial charge in [0.05, 0.1) is 30.1 Å². The molecule has 3 heterocycles. The predicted molar refractivity (Wildman–Crippen MR) is 90.4 cm³/mol. The van der Waals surface area contributed by atoms with Gasteiger partial charge in [-0.15, -0.1) is 0 Å². The Labute approximate surface area is 146 Å². The number of fused-ring (bicyclic) bond motifs is 1. The van der Waals surface area contributed by atoms with Crippen LogP contribution in [-0.2, 0) is 13.3 Å². The summed E-state index contributed by atoms with van der Waals surface area (Å²) in [6, 6.07) is 6.93. The maximum atomic E-state index is 13.6. The highest BCUT2D eigenvalue weighted by atomic mass is 35.5. The number of halogens is 3. The van der Waals surface area contributed by atoms with Crippen molar-refractivity contribution >= 4 is 22.6 Å². The molecular formula is C17H12ClF2N5. The van der Waals surface area contributed by atoms with Crippen molar-refractivity contribution < 1.29 is 8.78 Å². The summed E-state index contributed by atoms with van der Waals surface area (Å²) in [5, 5.41) is 0.510. The van der Waals surface area contributed by atoms with Gasteiger partial charge in [-0.1, -0.05) is 11.6 Å². The summed E-state index contributed by atoms with van der Waals surface area (Å²) in [6.45, 7) is -0.471. The van der Waals surface area contributed by atoms with Crippen LogP contribution in [-0.4, -0.2) is 24.1 Å². The van der Waals surface area contributed by atoms with Crippen molar-refractivity contribution in [3.8, 4) is 11.4 Å². The lowest BCUT2D eigenvalue weighted by molar-refractivity contribution is 0.387. The molecule has 0 saturated heterocycles. The number of nitrogens with zero attached hydrogens (tertiary/aromatic N) is 5. The number of benzene rings is 1. The second kappa shape index (κ2) is 6.25. The highest BCUT2D eigenvalue weighted by molar-refractivity contribution is 6.31. The molecule has 0 unspecified atom stereocenters. The monoisotopic (exact) mass is 359 g/mol. The molecule has 0 N–H and O–H groups in total. The highest BCUT2D eigenvalue weighted by Gasteiger charge is 2.14. The third-order valence-corrected chi connectivity index (χ3v) is 4.13. The van der Waals surface area contributed by atoms with Crippen molar-refractivity contribution in [1.82, 2.24) is 24.1 Å². The van der Waals surface area contributed by atoms with Crippen LogP contribution in [0.4, 0.5) is 8.78 Å². The Morgan fingerprint density at radius 1 is 1.08 bits per heavy atom. The minimum Gasteiger partial charge on any atom is -0.303 e. The largest absolute Gasteiger partial charge is 0.303 e. The van der Waals surface area contributed by atoms with Gasteiger partial charge in [-0.05, 0) is 29.8 Å². The fourth-order valence-corrected chi connectivity index (χ4v) is 2.92. The minimum atomic E-state index is -0.744. The van der Waals surface area contributed by atoms with Crippen molar-refractivity contribution in [2.24, 2.45) is 0 Å². The Morgan fingerprint density at radius 3 is 2.72 bits per heavy atom. The first kappa shape index (κ1) is 15.7. The van der Waals surface area contributed by atoms with Crippen LogP contribution in [0.5, 0.6) is 0 Å². The number of hydrogen-bond donors (Lipinski definition) is 0. The van der Waals surface area contributed by atoms with E-state index in [0.717, 1.165) is 11.8 Å². The van der Waals surface area contributed by atoms with Crippen LogP contribution in [0.15, 0.2) is 49.2 Å². The van der Waals surface area contributed by atoms with Crippen molar-refractivity contribution in [2.75, 3.05) is 0 Å². The molecule has 0 saturated carbocycles. The second-order valence-electron chi connectivity index (χ2n) is 5.54. The number of hydrogen-bond acceptors (Lipinski definition) is 3. The third-order valence-electron chi connectivity index (χ3n) is 3.90. The first-order chi connectivity index (χ1) is 12.2. The maximum Gasteiger partial charge on any atom is 0.213 e. The summed E-state index contributed by atoms with van der Waals surface area (Å²) in [4.78, 5) is 12.4. The fraction of sp³-hybridized carbons (Fsp3) is 0.118. The van der Waals surface area contributed by atoms with Gasteiger partial charge in [-0.3, -0.25) is 9.55 Å². The molecular weight excluding hydrogens is 348 g/mol. The van der Waals surface area contributed by atoms with Gasteiger partial charge in [-0.2, -0.15) is 4.39 Å². The molecule has 0 aliphatic carbocycles. The van der Waals surface area contributed by atoms with Crippen LogP contribution >= 0.6 is 11.6 Å². The average molecular weight is 360 g/mol. The summed E-state index contributed by atoms with van der Waals surface area (Å²) in [5.74, 6) is 0.0104. The molecule has 0 fully saturated rings. The van der Waals surface area contributed by atoms with Crippen LogP contribution < -0.4 is 0 Å². The predicted octanol–water partition coefficient (Wildman–Crippen LogP) is 4.06. The van der Waals surface area contributed by atoms with Crippen molar-refractivity contribution in [3.05, 3.63) is 65.7 Å². The fourth-order valence-electron chi connectivity index (χ4n) is 2.75. The lowest BCUT2D eigenvalue weighted by atomic mass is 10.2. The molecule has 1 aromatic carbocycles. The Morgan fingerprint density at radius 2 is 1.96 bits per heavy atom. The van der Waals surface area contributed by atoms with Crippen molar-refractivity contribution in [2.45, 2.75) is 13.3 Å². The highest BCUT2D eigenvalue weighted by Crippen LogP contribution is 2.27. The molecule has 5 nitrogen and oxygen atoms in total. The van der Waals surface area contributed by atoms with E-state index in [-0.39, 0.29) is 6.54 Å². The molecule has 0 amide bonds. The lowest BCUT2D eigenvalue weighted by Gasteiger charge is -2.07. The smallest absolute Gasteiger partial charge is 0.213 e. The summed E-state index contributed by atoms with van der Waals surface area (Å²) in [7, 11) is 0. The van der Waals surface area contributed by atoms with Crippen LogP contribution in [0, 0.1) is 5.95 Å². The molecule has 0 bridgehead atoms. The van der Waals surface area contributed by atoms with E-state index in [1.165, 1.54) is 15.5 Å². The van der Waals surface area contributed by atoms with Gasteiger partial charge in [-0.25, -0.2) is 14.4 Å². The normalized spacial score (nSPS) is 11.3. The molecule has 4 aromatic rings. The van der Waals surface area contributed by atoms with Gasteiger partial charge in [0, 0.05) is 23.0 Å². The molecule has 3 aromatic heterocycles. The quantitative estimate of drug-likeness (QED) is 0.552. The first-order valence-corrected chi connectivity index (χ1v) is 7.85. The molecule has 0 spiro atoms. The van der Waals surface area contributed by atoms with E-state index in [9.17, 15) is 8.78 Å². The van der Waals surface area contributed by atoms with E-state index in [4.69, 9.17) is 11.6 Å². The lowest BCUT2D eigenvalue weighted by Crippen LogP contribution is -2.02. The molecule has 4 rings (SSSR count). The van der Waals surface area contributed by atoms with Crippen molar-refractivity contribution in [1.29, 1.82) is 0 Å². The number of aromatic nitrogens is 5. The standard InChI is InChI=1S/C17H12ClF2N5/c18-13-1-2-14-15(4-13)25(9-19)17(23-14)12-3-11(5-21-6-12)8-24-10-22-7-16(24)20/h1-7,10H,8-9H2. The zero-order chi connectivity index (χ0) is 17.4. The molecule has 25 heavy (non-hydrogen) atoms. The Balaban J connectivity index is 1.78. The SMILES string of the molecule is FCn1c(-c2cncc(Cn3cncc3F)c2)nc2ccc(Cl)cc21. The first-order valence-electron chi connectivity index (χ1n) is 7.47. The van der Waals surface area contributed by atoms with Crippen LogP contribution in [0.25, 0.3) is 22.4 Å². The van der Waals surface area contributed by atoms with Gasteiger partial charge >= 0.3 is 0 Å². The third kappa shape index (κ3) is 2.87. The van der Waals surface area contributed by atoms with E-state index in [1.807, 2.05) is 0 Å². The van der Waals surface area contributed by atoms with Crippen molar-refractivity contribution in [3.63, 3.8) is 0 Å². The number of pyridine rings is 1. The van der Waals surface area contributed by atoms with E-state index in [1.54, 1.807) is 36.7 Å². The van der Waals surface area contributed by atoms with Crippen LogP contribution in [0.1, 0.15) is 5.56 Å². The van der Waals surface area contributed by atoms with Gasteiger partial charge in [0.1, 0.15) is 5.82 Å². The minimum absolute atomic E-state index is 0.272. The maximum absolute atomic E-state index is 13.6.